The number of aromatic nitrogens is 1. The number of hydrogen-bond acceptors (Lipinski definition) is 3. The molecule has 2 aliphatic rings. The molecule has 9 heteroatoms. The fourth-order valence-corrected chi connectivity index (χ4v) is 4.62. The number of urea groups is 1. The fraction of sp³-hybridized carbons (Fsp3) is 0.435. The lowest BCUT2D eigenvalue weighted by Gasteiger charge is -2.43. The van der Waals surface area contributed by atoms with Crippen LogP contribution in [0.3, 0.4) is 0 Å². The number of carbonyl (C=O) groups is 2. The number of piperidine rings is 1. The molecule has 3 atom stereocenters. The van der Waals surface area contributed by atoms with Crippen molar-refractivity contribution >= 4 is 17.6 Å². The van der Waals surface area contributed by atoms with Gasteiger partial charge in [-0.1, -0.05) is 19.9 Å². The van der Waals surface area contributed by atoms with Crippen LogP contribution in [0.4, 0.5) is 19.3 Å². The zero-order chi connectivity index (χ0) is 23.0. The molecule has 2 aliphatic heterocycles. The number of halogens is 2. The van der Waals surface area contributed by atoms with E-state index in [-0.39, 0.29) is 35.0 Å². The summed E-state index contributed by atoms with van der Waals surface area (Å²) in [5, 5.41) is 5.34. The van der Waals surface area contributed by atoms with Crippen LogP contribution >= 0.6 is 0 Å². The molecule has 0 saturated carbocycles. The minimum atomic E-state index is -1.06. The number of nitrogens with zero attached hydrogens (tertiary/aromatic N) is 2. The lowest BCUT2D eigenvalue weighted by molar-refractivity contribution is -0.118. The number of hydrogen-bond donors (Lipinski definition) is 2. The van der Waals surface area contributed by atoms with Gasteiger partial charge in [-0.05, 0) is 36.5 Å². The molecule has 7 nitrogen and oxygen atoms in total. The maximum atomic E-state index is 13.5. The molecule has 0 unspecified atom stereocenters. The number of likely N-dealkylation sites (tertiary alicyclic amines) is 1. The van der Waals surface area contributed by atoms with Crippen LogP contribution < -0.4 is 16.2 Å². The predicted molar refractivity (Wildman–Crippen MR) is 115 cm³/mol. The molecule has 1 aromatic heterocycles. The van der Waals surface area contributed by atoms with Crippen molar-refractivity contribution in [2.45, 2.75) is 38.8 Å². The van der Waals surface area contributed by atoms with Crippen molar-refractivity contribution in [2.24, 2.45) is 11.8 Å². The molecule has 1 fully saturated rings. The van der Waals surface area contributed by atoms with E-state index in [0.717, 1.165) is 24.2 Å². The van der Waals surface area contributed by atoms with Gasteiger partial charge in [-0.3, -0.25) is 9.59 Å². The Balaban J connectivity index is 1.45. The molecule has 0 radical (unpaired) electrons. The molecular weight excluding hydrogens is 418 g/mol. The van der Waals surface area contributed by atoms with Crippen LogP contribution in [0.15, 0.2) is 41.2 Å². The molecule has 0 aliphatic carbocycles. The van der Waals surface area contributed by atoms with Crippen molar-refractivity contribution in [1.29, 1.82) is 0 Å². The van der Waals surface area contributed by atoms with Crippen LogP contribution in [0, 0.1) is 23.5 Å². The second kappa shape index (κ2) is 8.72. The van der Waals surface area contributed by atoms with E-state index in [1.165, 1.54) is 6.07 Å². The number of amides is 3. The summed E-state index contributed by atoms with van der Waals surface area (Å²) in [6.45, 7) is 5.12. The molecule has 3 amide bonds. The summed E-state index contributed by atoms with van der Waals surface area (Å²) in [5.74, 6) is -2.57. The van der Waals surface area contributed by atoms with Crippen molar-refractivity contribution in [3.8, 4) is 0 Å². The largest absolute Gasteiger partial charge is 0.326 e. The van der Waals surface area contributed by atoms with Crippen molar-refractivity contribution in [3.63, 3.8) is 0 Å². The molecule has 1 aromatic carbocycles. The molecule has 2 N–H and O–H groups in total. The molecule has 3 heterocycles. The topological polar surface area (TPSA) is 83.4 Å². The van der Waals surface area contributed by atoms with Gasteiger partial charge < -0.3 is 20.1 Å². The van der Waals surface area contributed by atoms with Crippen LogP contribution in [0.25, 0.3) is 0 Å². The van der Waals surface area contributed by atoms with Gasteiger partial charge in [0.1, 0.15) is 6.04 Å². The highest BCUT2D eigenvalue weighted by Crippen LogP contribution is 2.35. The molecule has 170 valence electrons. The van der Waals surface area contributed by atoms with Crippen molar-refractivity contribution in [1.82, 2.24) is 14.8 Å². The first-order valence-corrected chi connectivity index (χ1v) is 10.7. The minimum absolute atomic E-state index is 0.0242. The number of carbonyl (C=O) groups excluding carboxylic acids is 2. The highest BCUT2D eigenvalue weighted by atomic mass is 19.2. The lowest BCUT2D eigenvalue weighted by atomic mass is 9.83. The average molecular weight is 444 g/mol. The van der Waals surface area contributed by atoms with E-state index >= 15 is 0 Å². The second-order valence-electron chi connectivity index (χ2n) is 8.89. The van der Waals surface area contributed by atoms with E-state index in [1.807, 2.05) is 6.07 Å². The third-order valence-electron chi connectivity index (χ3n) is 6.18. The van der Waals surface area contributed by atoms with Gasteiger partial charge in [-0.25, -0.2) is 13.6 Å². The van der Waals surface area contributed by atoms with E-state index in [9.17, 15) is 23.2 Å². The lowest BCUT2D eigenvalue weighted by Crippen LogP contribution is -2.56. The molecule has 2 aromatic rings. The molecule has 1 saturated heterocycles. The summed E-state index contributed by atoms with van der Waals surface area (Å²) in [5.41, 5.74) is 1.02. The van der Waals surface area contributed by atoms with Crippen LogP contribution in [-0.2, 0) is 11.3 Å². The number of anilines is 1. The Hall–Kier alpha value is -3.23. The van der Waals surface area contributed by atoms with E-state index in [0.29, 0.717) is 19.6 Å². The van der Waals surface area contributed by atoms with Crippen LogP contribution in [0.2, 0.25) is 0 Å². The highest BCUT2D eigenvalue weighted by Gasteiger charge is 2.37. The summed E-state index contributed by atoms with van der Waals surface area (Å²) in [4.78, 5) is 39.7. The molecule has 4 rings (SSSR count). The van der Waals surface area contributed by atoms with Gasteiger partial charge in [0.15, 0.2) is 11.6 Å². The van der Waals surface area contributed by atoms with E-state index in [4.69, 9.17) is 0 Å². The number of nitrogens with one attached hydrogen (secondary N) is 2. The highest BCUT2D eigenvalue weighted by molar-refractivity contribution is 5.97. The second-order valence-corrected chi connectivity index (χ2v) is 8.89. The normalized spacial score (nSPS) is 20.5. The Labute approximate surface area is 184 Å². The van der Waals surface area contributed by atoms with Crippen LogP contribution in [0.1, 0.15) is 31.9 Å². The van der Waals surface area contributed by atoms with E-state index < -0.39 is 23.6 Å². The van der Waals surface area contributed by atoms with Crippen molar-refractivity contribution in [3.05, 3.63) is 64.1 Å². The zero-order valence-corrected chi connectivity index (χ0v) is 18.0. The molecule has 2 bridgehead atoms. The number of benzene rings is 1. The van der Waals surface area contributed by atoms with Gasteiger partial charge in [-0.15, -0.1) is 0 Å². The Kier molecular flexibility index (Phi) is 5.99. The predicted octanol–water partition coefficient (Wildman–Crippen LogP) is 2.92. The van der Waals surface area contributed by atoms with Crippen LogP contribution in [-0.4, -0.2) is 40.5 Å². The quantitative estimate of drug-likeness (QED) is 0.761. The first-order valence-electron chi connectivity index (χ1n) is 10.7. The van der Waals surface area contributed by atoms with Gasteiger partial charge in [0.25, 0.3) is 5.56 Å². The van der Waals surface area contributed by atoms with Crippen molar-refractivity contribution < 1.29 is 18.4 Å². The Morgan fingerprint density at radius 1 is 1.06 bits per heavy atom. The maximum Gasteiger partial charge on any atom is 0.318 e. The Bertz CT molecular complexity index is 1100. The Morgan fingerprint density at radius 2 is 1.84 bits per heavy atom. The molecule has 32 heavy (non-hydrogen) atoms. The standard InChI is InChI=1S/C23H26F2N4O3/c1-13(2)21(22(31)26-16-6-7-17(24)18(25)9-16)27-23(32)28-10-14-8-15(12-28)19-4-3-5-20(30)29(19)11-14/h3-7,9,13-15,21H,8,10-12H2,1-2H3,(H,26,31)(H,27,32)/t14-,15-,21-/m0/s1. The van der Waals surface area contributed by atoms with Gasteiger partial charge in [0, 0.05) is 49.1 Å². The fourth-order valence-electron chi connectivity index (χ4n) is 4.62. The zero-order valence-electron chi connectivity index (χ0n) is 18.0. The summed E-state index contributed by atoms with van der Waals surface area (Å²) in [7, 11) is 0. The number of pyridine rings is 1. The monoisotopic (exact) mass is 444 g/mol. The number of fused-ring (bicyclic) bond motifs is 4. The summed E-state index contributed by atoms with van der Waals surface area (Å²) in [6, 6.07) is 7.11. The average Bonchev–Trinajstić information content (AvgIpc) is 2.74. The minimum Gasteiger partial charge on any atom is -0.326 e. The third kappa shape index (κ3) is 4.37. The SMILES string of the molecule is CC(C)[C@H](NC(=O)N1C[C@@H]2C[C@@H](C1)c1cccc(=O)n1C2)C(=O)Nc1ccc(F)c(F)c1. The molecule has 0 spiro atoms. The van der Waals surface area contributed by atoms with Gasteiger partial charge in [0.2, 0.25) is 5.91 Å². The van der Waals surface area contributed by atoms with Gasteiger partial charge in [0.05, 0.1) is 0 Å². The van der Waals surface area contributed by atoms with E-state index in [2.05, 4.69) is 10.6 Å². The van der Waals surface area contributed by atoms with Gasteiger partial charge in [-0.2, -0.15) is 0 Å². The number of rotatable bonds is 4. The van der Waals surface area contributed by atoms with E-state index in [1.54, 1.807) is 35.4 Å². The van der Waals surface area contributed by atoms with Crippen molar-refractivity contribution in [2.75, 3.05) is 18.4 Å². The summed E-state index contributed by atoms with van der Waals surface area (Å²) in [6.07, 6.45) is 0.914. The third-order valence-corrected chi connectivity index (χ3v) is 6.18. The summed E-state index contributed by atoms with van der Waals surface area (Å²) < 4.78 is 28.4. The first kappa shape index (κ1) is 22.0. The Morgan fingerprint density at radius 3 is 2.56 bits per heavy atom. The van der Waals surface area contributed by atoms with Gasteiger partial charge >= 0.3 is 6.03 Å². The smallest absolute Gasteiger partial charge is 0.318 e. The maximum absolute atomic E-state index is 13.5. The summed E-state index contributed by atoms with van der Waals surface area (Å²) >= 11 is 0. The molecular formula is C23H26F2N4O3. The van der Waals surface area contributed by atoms with Crippen LogP contribution in [0.5, 0.6) is 0 Å². The first-order chi connectivity index (χ1) is 15.2.